The number of carbonyl (C=O) groups is 1. The molecule has 9 heteroatoms. The summed E-state index contributed by atoms with van der Waals surface area (Å²) in [5.41, 5.74) is 3.50. The van der Waals surface area contributed by atoms with E-state index in [4.69, 9.17) is 23.2 Å². The number of anilines is 1. The van der Waals surface area contributed by atoms with E-state index in [1.54, 1.807) is 42.5 Å². The first-order valence-electron chi connectivity index (χ1n) is 10.8. The van der Waals surface area contributed by atoms with E-state index in [0.29, 0.717) is 38.0 Å². The number of hydrogen-bond donors (Lipinski definition) is 1. The van der Waals surface area contributed by atoms with Gasteiger partial charge in [-0.15, -0.1) is 11.3 Å². The maximum atomic E-state index is 13.4. The summed E-state index contributed by atoms with van der Waals surface area (Å²) < 4.78 is 25.4. The molecule has 180 valence electrons. The zero-order valence-corrected chi connectivity index (χ0v) is 22.0. The number of rotatable bonds is 5. The number of aromatic nitrogens is 1. The Kier molecular flexibility index (Phi) is 6.57. The largest absolute Gasteiger partial charge is 0.322 e. The second-order valence-corrected chi connectivity index (χ2v) is 12.0. The highest BCUT2D eigenvalue weighted by Crippen LogP contribution is 2.36. The summed E-state index contributed by atoms with van der Waals surface area (Å²) in [6, 6.07) is 24.4. The lowest BCUT2D eigenvalue weighted by Crippen LogP contribution is -2.14. The van der Waals surface area contributed by atoms with Crippen LogP contribution in [-0.4, -0.2) is 25.6 Å². The molecular weight excluding hydrogens is 535 g/mol. The number of fused-ring (bicyclic) bond motifs is 1. The van der Waals surface area contributed by atoms with Gasteiger partial charge in [-0.2, -0.15) is 0 Å². The van der Waals surface area contributed by atoms with Gasteiger partial charge in [0.25, 0.3) is 5.91 Å². The first-order chi connectivity index (χ1) is 17.2. The molecule has 0 radical (unpaired) electrons. The average Bonchev–Trinajstić information content (AvgIpc) is 3.28. The van der Waals surface area contributed by atoms with E-state index in [2.05, 4.69) is 10.3 Å². The van der Waals surface area contributed by atoms with E-state index in [0.717, 1.165) is 21.5 Å². The Balaban J connectivity index is 1.53. The number of carbonyl (C=O) groups excluding carboxylic acids is 1. The molecule has 4 aromatic carbocycles. The lowest BCUT2D eigenvalue weighted by Gasteiger charge is -2.13. The monoisotopic (exact) mass is 552 g/mol. The third-order valence-electron chi connectivity index (χ3n) is 5.55. The van der Waals surface area contributed by atoms with Crippen LogP contribution in [0.2, 0.25) is 10.0 Å². The molecule has 1 heterocycles. The summed E-state index contributed by atoms with van der Waals surface area (Å²) in [5, 5.41) is 4.65. The molecule has 0 bridgehead atoms. The van der Waals surface area contributed by atoms with Crippen molar-refractivity contribution in [2.24, 2.45) is 0 Å². The second-order valence-electron chi connectivity index (χ2n) is 8.13. The standard InChI is InChI=1S/C27H18Cl2N2O3S2/c1-36(33,34)19-10-11-20(21(15-19)16-5-4-6-17(28)13-16)26(32)30-18-9-12-23(29)22(14-18)27-31-24-7-2-3-8-25(24)35-27/h2-15H,1H3,(H,30,32). The summed E-state index contributed by atoms with van der Waals surface area (Å²) >= 11 is 14.2. The van der Waals surface area contributed by atoms with Crippen molar-refractivity contribution >= 4 is 66.2 Å². The van der Waals surface area contributed by atoms with Crippen LogP contribution in [0.15, 0.2) is 89.8 Å². The van der Waals surface area contributed by atoms with Crippen molar-refractivity contribution in [1.82, 2.24) is 4.98 Å². The zero-order chi connectivity index (χ0) is 25.4. The summed E-state index contributed by atoms with van der Waals surface area (Å²) in [6.45, 7) is 0. The minimum absolute atomic E-state index is 0.110. The molecule has 0 aliphatic rings. The molecule has 5 nitrogen and oxygen atoms in total. The van der Waals surface area contributed by atoms with Gasteiger partial charge in [0.2, 0.25) is 0 Å². The molecule has 0 saturated carbocycles. The van der Waals surface area contributed by atoms with Gasteiger partial charge in [-0.1, -0.05) is 47.5 Å². The lowest BCUT2D eigenvalue weighted by molar-refractivity contribution is 0.102. The summed E-state index contributed by atoms with van der Waals surface area (Å²) in [4.78, 5) is 18.2. The van der Waals surface area contributed by atoms with E-state index in [1.807, 2.05) is 24.3 Å². The zero-order valence-electron chi connectivity index (χ0n) is 18.8. The van der Waals surface area contributed by atoms with Gasteiger partial charge in [-0.3, -0.25) is 4.79 Å². The van der Waals surface area contributed by atoms with Crippen LogP contribution in [0.1, 0.15) is 10.4 Å². The maximum absolute atomic E-state index is 13.4. The second kappa shape index (κ2) is 9.67. The molecule has 0 aliphatic heterocycles. The number of nitrogens with zero attached hydrogens (tertiary/aromatic N) is 1. The highest BCUT2D eigenvalue weighted by atomic mass is 35.5. The Morgan fingerprint density at radius 1 is 0.889 bits per heavy atom. The smallest absolute Gasteiger partial charge is 0.256 e. The van der Waals surface area contributed by atoms with Gasteiger partial charge < -0.3 is 5.32 Å². The van der Waals surface area contributed by atoms with Gasteiger partial charge in [0.05, 0.1) is 20.1 Å². The van der Waals surface area contributed by atoms with Crippen LogP contribution in [0, 0.1) is 0 Å². The number of hydrogen-bond acceptors (Lipinski definition) is 5. The van der Waals surface area contributed by atoms with Crippen molar-refractivity contribution in [3.05, 3.63) is 101 Å². The van der Waals surface area contributed by atoms with Crippen LogP contribution in [0.4, 0.5) is 5.69 Å². The van der Waals surface area contributed by atoms with Crippen LogP contribution in [0.3, 0.4) is 0 Å². The van der Waals surface area contributed by atoms with Gasteiger partial charge >= 0.3 is 0 Å². The van der Waals surface area contributed by atoms with E-state index in [1.165, 1.54) is 29.5 Å². The molecule has 5 rings (SSSR count). The topological polar surface area (TPSA) is 76.1 Å². The van der Waals surface area contributed by atoms with Crippen molar-refractivity contribution in [3.8, 4) is 21.7 Å². The Morgan fingerprint density at radius 3 is 2.44 bits per heavy atom. The van der Waals surface area contributed by atoms with E-state index in [-0.39, 0.29) is 4.90 Å². The molecular formula is C27H18Cl2N2O3S2. The molecule has 1 amide bonds. The number of sulfone groups is 1. The molecule has 0 saturated heterocycles. The first-order valence-corrected chi connectivity index (χ1v) is 14.2. The molecule has 1 aromatic heterocycles. The van der Waals surface area contributed by atoms with E-state index < -0.39 is 15.7 Å². The minimum atomic E-state index is -3.48. The molecule has 1 N–H and O–H groups in total. The Morgan fingerprint density at radius 2 is 1.69 bits per heavy atom. The molecule has 0 aliphatic carbocycles. The van der Waals surface area contributed by atoms with Crippen LogP contribution in [0.25, 0.3) is 31.9 Å². The molecule has 0 fully saturated rings. The van der Waals surface area contributed by atoms with Crippen molar-refractivity contribution in [3.63, 3.8) is 0 Å². The van der Waals surface area contributed by atoms with E-state index >= 15 is 0 Å². The van der Waals surface area contributed by atoms with Crippen molar-refractivity contribution in [1.29, 1.82) is 0 Å². The minimum Gasteiger partial charge on any atom is -0.322 e. The molecule has 36 heavy (non-hydrogen) atoms. The number of para-hydroxylation sites is 1. The molecule has 0 spiro atoms. The summed E-state index contributed by atoms with van der Waals surface area (Å²) in [5.74, 6) is -0.400. The van der Waals surface area contributed by atoms with Crippen LogP contribution >= 0.6 is 34.5 Å². The van der Waals surface area contributed by atoms with Crippen molar-refractivity contribution < 1.29 is 13.2 Å². The maximum Gasteiger partial charge on any atom is 0.256 e. The van der Waals surface area contributed by atoms with Gasteiger partial charge in [-0.05, 0) is 71.8 Å². The quantitative estimate of drug-likeness (QED) is 0.243. The fourth-order valence-corrected chi connectivity index (χ4v) is 5.90. The van der Waals surface area contributed by atoms with Crippen LogP contribution in [0.5, 0.6) is 0 Å². The molecule has 5 aromatic rings. The number of nitrogens with one attached hydrogen (secondary N) is 1. The Hall–Kier alpha value is -3.23. The molecule has 0 atom stereocenters. The summed E-state index contributed by atoms with van der Waals surface area (Å²) in [7, 11) is -3.48. The fourth-order valence-electron chi connectivity index (χ4n) is 3.80. The first kappa shape index (κ1) is 24.5. The van der Waals surface area contributed by atoms with E-state index in [9.17, 15) is 13.2 Å². The van der Waals surface area contributed by atoms with Gasteiger partial charge in [0, 0.05) is 28.1 Å². The highest BCUT2D eigenvalue weighted by molar-refractivity contribution is 7.90. The predicted molar refractivity (Wildman–Crippen MR) is 148 cm³/mol. The number of amides is 1. The number of halogens is 2. The van der Waals surface area contributed by atoms with Gasteiger partial charge in [-0.25, -0.2) is 13.4 Å². The third kappa shape index (κ3) is 5.01. The average molecular weight is 553 g/mol. The van der Waals surface area contributed by atoms with Crippen molar-refractivity contribution in [2.45, 2.75) is 4.90 Å². The SMILES string of the molecule is CS(=O)(=O)c1ccc(C(=O)Nc2ccc(Cl)c(-c3nc4ccccc4s3)c2)c(-c2cccc(Cl)c2)c1. The van der Waals surface area contributed by atoms with Crippen LogP contribution < -0.4 is 5.32 Å². The number of thiazole rings is 1. The molecule has 0 unspecified atom stereocenters. The van der Waals surface area contributed by atoms with Gasteiger partial charge in [0.1, 0.15) is 5.01 Å². The lowest BCUT2D eigenvalue weighted by atomic mass is 9.99. The number of benzene rings is 4. The Bertz CT molecular complexity index is 1710. The highest BCUT2D eigenvalue weighted by Gasteiger charge is 2.18. The summed E-state index contributed by atoms with van der Waals surface area (Å²) in [6.07, 6.45) is 1.13. The Labute approximate surface area is 222 Å². The normalized spacial score (nSPS) is 11.5. The van der Waals surface area contributed by atoms with Gasteiger partial charge in [0.15, 0.2) is 9.84 Å². The third-order valence-corrected chi connectivity index (χ3v) is 8.29. The van der Waals surface area contributed by atoms with Crippen LogP contribution in [-0.2, 0) is 9.84 Å². The van der Waals surface area contributed by atoms with Crippen molar-refractivity contribution in [2.75, 3.05) is 11.6 Å². The predicted octanol–water partition coefficient (Wildman–Crippen LogP) is 7.59. The fraction of sp³-hybridized carbons (Fsp3) is 0.0370.